The number of aromatic nitrogens is 3. The third-order valence-electron chi connectivity index (χ3n) is 4.07. The van der Waals surface area contributed by atoms with Crippen LogP contribution in [-0.2, 0) is 0 Å². The van der Waals surface area contributed by atoms with E-state index >= 15 is 0 Å². The smallest absolute Gasteiger partial charge is 0.256 e. The lowest BCUT2D eigenvalue weighted by Crippen LogP contribution is -2.42. The fourth-order valence-electron chi connectivity index (χ4n) is 2.68. The van der Waals surface area contributed by atoms with Crippen LogP contribution < -0.4 is 1.33 Å². The highest BCUT2D eigenvalue weighted by molar-refractivity contribution is 14.2. The zero-order chi connectivity index (χ0) is 18.2. The van der Waals surface area contributed by atoms with Gasteiger partial charge in [0.1, 0.15) is 5.82 Å². The highest BCUT2D eigenvalue weighted by atomic mass is 127. The summed E-state index contributed by atoms with van der Waals surface area (Å²) in [6, 6.07) is 5.33. The van der Waals surface area contributed by atoms with E-state index in [0.29, 0.717) is 22.9 Å². The van der Waals surface area contributed by atoms with Crippen LogP contribution in [0.1, 0.15) is 29.0 Å². The molecule has 134 valence electrons. The van der Waals surface area contributed by atoms with E-state index < -0.39 is 5.92 Å². The summed E-state index contributed by atoms with van der Waals surface area (Å²) in [6.07, 6.45) is -0.580. The zero-order valence-corrected chi connectivity index (χ0v) is 17.6. The molecule has 1 aliphatic rings. The lowest BCUT2D eigenvalue weighted by molar-refractivity contribution is -0.0494. The average Bonchev–Trinajstić information content (AvgIpc) is 3.00. The van der Waals surface area contributed by atoms with Gasteiger partial charge in [0.05, 0.1) is 57.0 Å². The van der Waals surface area contributed by atoms with Crippen LogP contribution in [-0.4, -0.2) is 45.0 Å². The fraction of sp³-hybridized carbons (Fsp3) is 0.400. The van der Waals surface area contributed by atoms with Gasteiger partial charge in [-0.25, -0.2) is 8.78 Å². The first-order valence-corrected chi connectivity index (χ1v) is 9.52. The molecule has 6 nitrogen and oxygen atoms in total. The van der Waals surface area contributed by atoms with E-state index in [1.54, 1.807) is 13.5 Å². The topological polar surface area (TPSA) is 65.1 Å². The van der Waals surface area contributed by atoms with Crippen molar-refractivity contribution in [3.05, 3.63) is 29.6 Å². The van der Waals surface area contributed by atoms with Gasteiger partial charge in [0.25, 0.3) is 11.8 Å². The fourth-order valence-corrected chi connectivity index (χ4v) is 3.48. The van der Waals surface area contributed by atoms with Crippen molar-refractivity contribution in [3.63, 3.8) is 0 Å². The van der Waals surface area contributed by atoms with E-state index in [9.17, 15) is 13.6 Å². The normalized spacial score (nSPS) is 16.8. The van der Waals surface area contributed by atoms with Crippen molar-refractivity contribution < 1.29 is 13.6 Å². The molecule has 0 aliphatic carbocycles. The molecule has 0 spiro atoms. The Bertz CT molecular complexity index is 786. The van der Waals surface area contributed by atoms with Crippen LogP contribution in [0.2, 0.25) is 0 Å². The molecule has 3 rings (SSSR count). The first kappa shape index (κ1) is 18.7. The van der Waals surface area contributed by atoms with Gasteiger partial charge in [-0.3, -0.25) is 6.12 Å². The standard InChI is InChI=1S/C15H15F2I2N5O/c1-9-20-13(22-21-9)10-2-3-11(12(8-10)24(18)19)14(25)23-6-4-15(16,17)5-7-23/h2-3,8H,4-7H2,1H3,(H,20,21,22). The molecule has 0 radical (unpaired) electrons. The number of carbonyl (C=O) groups is 1. The van der Waals surface area contributed by atoms with Crippen LogP contribution >= 0.6 is 45.7 Å². The molecule has 2 aromatic rings. The number of anilines is 1. The molecule has 1 saturated heterocycles. The lowest BCUT2D eigenvalue weighted by Gasteiger charge is -2.32. The second kappa shape index (κ2) is 7.29. The second-order valence-corrected chi connectivity index (χ2v) is 9.65. The number of H-pyrrole nitrogens is 1. The Balaban J connectivity index is 1.89. The molecule has 0 bridgehead atoms. The summed E-state index contributed by atoms with van der Waals surface area (Å²) in [5, 5.41) is 8.00. The summed E-state index contributed by atoms with van der Waals surface area (Å²) in [5.74, 6) is -1.59. The molecule has 1 fully saturated rings. The van der Waals surface area contributed by atoms with Crippen molar-refractivity contribution in [1.82, 2.24) is 20.1 Å². The van der Waals surface area contributed by atoms with Crippen LogP contribution in [0, 0.1) is 6.92 Å². The largest absolute Gasteiger partial charge is 0.338 e. The SMILES string of the molecule is Cc1nnc(-c2ccc(C(=O)N3CCC(F)(F)CC3)c(N(I)I)c2)[nH]1. The quantitative estimate of drug-likeness (QED) is 0.443. The van der Waals surface area contributed by atoms with Gasteiger partial charge in [-0.2, -0.15) is 0 Å². The van der Waals surface area contributed by atoms with Crippen molar-refractivity contribution in [1.29, 1.82) is 0 Å². The zero-order valence-electron chi connectivity index (χ0n) is 13.3. The molecule has 10 heteroatoms. The van der Waals surface area contributed by atoms with Crippen LogP contribution in [0.25, 0.3) is 11.4 Å². The van der Waals surface area contributed by atoms with Crippen LogP contribution in [0.4, 0.5) is 14.5 Å². The minimum Gasteiger partial charge on any atom is -0.338 e. The molecule has 2 heterocycles. The average molecular weight is 573 g/mol. The summed E-state index contributed by atoms with van der Waals surface area (Å²) >= 11 is 4.14. The van der Waals surface area contributed by atoms with Gasteiger partial charge in [0.2, 0.25) is 0 Å². The number of nitrogens with one attached hydrogen (secondary N) is 1. The highest BCUT2D eigenvalue weighted by Gasteiger charge is 2.36. The van der Waals surface area contributed by atoms with E-state index in [2.05, 4.69) is 60.9 Å². The predicted molar refractivity (Wildman–Crippen MR) is 107 cm³/mol. The van der Waals surface area contributed by atoms with Crippen molar-refractivity contribution in [2.75, 3.05) is 14.4 Å². The van der Waals surface area contributed by atoms with Crippen molar-refractivity contribution in [2.45, 2.75) is 25.7 Å². The van der Waals surface area contributed by atoms with Gasteiger partial charge in [-0.15, -0.1) is 10.2 Å². The number of amides is 1. The molecular formula is C15H15F2I2N5O. The van der Waals surface area contributed by atoms with Gasteiger partial charge in [0, 0.05) is 31.5 Å². The number of alkyl halides is 2. The molecule has 1 amide bonds. The van der Waals surface area contributed by atoms with Gasteiger partial charge in [0.15, 0.2) is 5.82 Å². The van der Waals surface area contributed by atoms with E-state index in [1.165, 1.54) is 4.90 Å². The molecule has 1 aromatic heterocycles. The molecule has 0 saturated carbocycles. The second-order valence-electron chi connectivity index (χ2n) is 5.87. The third kappa shape index (κ3) is 4.20. The maximum Gasteiger partial charge on any atom is 0.256 e. The van der Waals surface area contributed by atoms with Crippen molar-refractivity contribution >= 4 is 57.3 Å². The van der Waals surface area contributed by atoms with Crippen LogP contribution in [0.15, 0.2) is 18.2 Å². The predicted octanol–water partition coefficient (Wildman–Crippen LogP) is 4.16. The van der Waals surface area contributed by atoms with Crippen LogP contribution in [0.5, 0.6) is 0 Å². The Labute approximate surface area is 171 Å². The van der Waals surface area contributed by atoms with E-state index in [4.69, 9.17) is 0 Å². The molecular weight excluding hydrogens is 558 g/mol. The van der Waals surface area contributed by atoms with Gasteiger partial charge in [-0.05, 0) is 19.1 Å². The van der Waals surface area contributed by atoms with Crippen molar-refractivity contribution in [3.8, 4) is 11.4 Å². The number of aryl methyl sites for hydroxylation is 1. The Kier molecular flexibility index (Phi) is 5.46. The molecule has 1 N–H and O–H groups in total. The van der Waals surface area contributed by atoms with Gasteiger partial charge >= 0.3 is 0 Å². The number of nitrogens with zero attached hydrogens (tertiary/aromatic N) is 4. The summed E-state index contributed by atoms with van der Waals surface area (Å²) < 4.78 is 28.4. The van der Waals surface area contributed by atoms with Gasteiger partial charge in [-0.1, -0.05) is 6.07 Å². The number of hydrogen-bond donors (Lipinski definition) is 1. The summed E-state index contributed by atoms with van der Waals surface area (Å²) in [7, 11) is 0. The number of benzene rings is 1. The Morgan fingerprint density at radius 1 is 1.28 bits per heavy atom. The molecule has 1 aliphatic heterocycles. The molecule has 1 aromatic carbocycles. The first-order valence-electron chi connectivity index (χ1n) is 7.59. The Morgan fingerprint density at radius 3 is 2.52 bits per heavy atom. The van der Waals surface area contributed by atoms with Gasteiger partial charge < -0.3 is 9.88 Å². The minimum atomic E-state index is -2.67. The molecule has 0 atom stereocenters. The van der Waals surface area contributed by atoms with E-state index in [-0.39, 0.29) is 31.8 Å². The number of aromatic amines is 1. The van der Waals surface area contributed by atoms with Crippen molar-refractivity contribution in [2.24, 2.45) is 0 Å². The highest BCUT2D eigenvalue weighted by Crippen LogP contribution is 2.34. The lowest BCUT2D eigenvalue weighted by atomic mass is 10.0. The first-order chi connectivity index (χ1) is 11.8. The maximum atomic E-state index is 13.3. The number of halogens is 4. The number of rotatable bonds is 3. The molecule has 0 unspecified atom stereocenters. The van der Waals surface area contributed by atoms with E-state index in [1.807, 2.05) is 13.0 Å². The monoisotopic (exact) mass is 573 g/mol. The number of piperidine rings is 1. The molecule has 25 heavy (non-hydrogen) atoms. The number of hydrogen-bond acceptors (Lipinski definition) is 4. The Hall–Kier alpha value is -1.05. The summed E-state index contributed by atoms with van der Waals surface area (Å²) in [6.45, 7) is 1.94. The third-order valence-corrected chi connectivity index (χ3v) is 5.10. The minimum absolute atomic E-state index is 0.0663. The summed E-state index contributed by atoms with van der Waals surface area (Å²) in [4.78, 5) is 17.3. The maximum absolute atomic E-state index is 13.3. The van der Waals surface area contributed by atoms with Crippen LogP contribution in [0.3, 0.4) is 0 Å². The number of likely N-dealkylation sites (tertiary alicyclic amines) is 1. The summed E-state index contributed by atoms with van der Waals surface area (Å²) in [5.41, 5.74) is 1.97. The number of carbonyl (C=O) groups excluding carboxylic acids is 1. The van der Waals surface area contributed by atoms with E-state index in [0.717, 1.165) is 5.56 Å². The Morgan fingerprint density at radius 2 is 1.96 bits per heavy atom.